The number of nitrogens with one attached hydrogen (secondary N) is 3. The Bertz CT molecular complexity index is 867. The van der Waals surface area contributed by atoms with Crippen LogP contribution >= 0.6 is 0 Å². The predicted octanol–water partition coefficient (Wildman–Crippen LogP) is 3.47. The third-order valence-electron chi connectivity index (χ3n) is 5.41. The number of rotatable bonds is 6. The van der Waals surface area contributed by atoms with Crippen molar-refractivity contribution in [1.29, 1.82) is 5.41 Å². The van der Waals surface area contributed by atoms with Gasteiger partial charge in [0.2, 0.25) is 0 Å². The first-order chi connectivity index (χ1) is 13.7. The molecule has 1 amide bonds. The van der Waals surface area contributed by atoms with E-state index < -0.39 is 5.91 Å². The summed E-state index contributed by atoms with van der Waals surface area (Å²) < 4.78 is 5.40. The number of benzene rings is 1. The van der Waals surface area contributed by atoms with E-state index in [4.69, 9.17) is 15.9 Å². The molecule has 0 atom stereocenters. The zero-order valence-electron chi connectivity index (χ0n) is 17.4. The van der Waals surface area contributed by atoms with Gasteiger partial charge in [-0.1, -0.05) is 13.8 Å². The smallest absolute Gasteiger partial charge is 0.250 e. The second-order valence-electron chi connectivity index (χ2n) is 8.70. The highest BCUT2D eigenvalue weighted by atomic mass is 16.5. The first kappa shape index (κ1) is 21.0. The summed E-state index contributed by atoms with van der Waals surface area (Å²) in [5.74, 6) is -0.499. The van der Waals surface area contributed by atoms with E-state index in [-0.39, 0.29) is 23.0 Å². The Hall–Kier alpha value is -2.67. The summed E-state index contributed by atoms with van der Waals surface area (Å²) in [6.07, 6.45) is 2.83. The van der Waals surface area contributed by atoms with Gasteiger partial charge in [-0.3, -0.25) is 9.59 Å². The van der Waals surface area contributed by atoms with Gasteiger partial charge in [-0.2, -0.15) is 0 Å². The molecule has 5 N–H and O–H groups in total. The van der Waals surface area contributed by atoms with E-state index in [1.165, 1.54) is 0 Å². The van der Waals surface area contributed by atoms with Crippen LogP contribution in [0.2, 0.25) is 0 Å². The standard InChI is InChI=1S/C22H30N4O3/c1-13(23)20-18(11-22(2,3)12-19(20)27)26-15-4-5-16(21(24)28)17(10-15)25-14-6-8-29-9-7-14/h4-5,10,14,23,25-26H,6-9,11-12H2,1-3H3,(H2,24,28). The van der Waals surface area contributed by atoms with Crippen molar-refractivity contribution < 1.29 is 14.3 Å². The van der Waals surface area contributed by atoms with Crippen molar-refractivity contribution in [1.82, 2.24) is 0 Å². The van der Waals surface area contributed by atoms with Crippen LogP contribution in [0.25, 0.3) is 0 Å². The van der Waals surface area contributed by atoms with Crippen molar-refractivity contribution in [2.45, 2.75) is 52.5 Å². The lowest BCUT2D eigenvalue weighted by Gasteiger charge is -2.32. The number of hydrogen-bond donors (Lipinski definition) is 4. The monoisotopic (exact) mass is 398 g/mol. The van der Waals surface area contributed by atoms with Crippen molar-refractivity contribution in [2.75, 3.05) is 23.8 Å². The van der Waals surface area contributed by atoms with Crippen LogP contribution in [0.15, 0.2) is 29.5 Å². The van der Waals surface area contributed by atoms with Gasteiger partial charge in [0.15, 0.2) is 5.78 Å². The van der Waals surface area contributed by atoms with Gasteiger partial charge in [0.25, 0.3) is 5.91 Å². The number of ether oxygens (including phenoxy) is 1. The van der Waals surface area contributed by atoms with Crippen LogP contribution in [0.1, 0.15) is 56.8 Å². The Balaban J connectivity index is 1.92. The molecule has 1 aliphatic heterocycles. The molecule has 1 aromatic rings. The molecule has 1 aromatic carbocycles. The summed E-state index contributed by atoms with van der Waals surface area (Å²) in [5.41, 5.74) is 8.72. The molecule has 0 saturated carbocycles. The number of carbonyl (C=O) groups is 2. The Morgan fingerprint density at radius 2 is 1.93 bits per heavy atom. The highest BCUT2D eigenvalue weighted by Gasteiger charge is 2.33. The number of primary amides is 1. The minimum Gasteiger partial charge on any atom is -0.381 e. The first-order valence-electron chi connectivity index (χ1n) is 10.0. The van der Waals surface area contributed by atoms with E-state index in [9.17, 15) is 9.59 Å². The summed E-state index contributed by atoms with van der Waals surface area (Å²) in [6, 6.07) is 5.54. The lowest BCUT2D eigenvalue weighted by Crippen LogP contribution is -2.31. The summed E-state index contributed by atoms with van der Waals surface area (Å²) in [7, 11) is 0. The van der Waals surface area contributed by atoms with Crippen molar-refractivity contribution in [2.24, 2.45) is 11.1 Å². The molecule has 1 aliphatic carbocycles. The van der Waals surface area contributed by atoms with Crippen molar-refractivity contribution >= 4 is 28.8 Å². The zero-order chi connectivity index (χ0) is 21.2. The molecule has 156 valence electrons. The lowest BCUT2D eigenvalue weighted by molar-refractivity contribution is -0.117. The number of ketones is 1. The number of amides is 1. The van der Waals surface area contributed by atoms with Crippen molar-refractivity contribution in [3.8, 4) is 0 Å². The van der Waals surface area contributed by atoms with Gasteiger partial charge in [0.05, 0.1) is 11.1 Å². The van der Waals surface area contributed by atoms with Crippen LogP contribution in [0.3, 0.4) is 0 Å². The maximum Gasteiger partial charge on any atom is 0.250 e. The molecule has 0 unspecified atom stereocenters. The number of carbonyl (C=O) groups excluding carboxylic acids is 2. The maximum absolute atomic E-state index is 12.6. The molecular weight excluding hydrogens is 368 g/mol. The van der Waals surface area contributed by atoms with Gasteiger partial charge < -0.3 is 26.5 Å². The highest BCUT2D eigenvalue weighted by Crippen LogP contribution is 2.38. The Morgan fingerprint density at radius 3 is 2.55 bits per heavy atom. The maximum atomic E-state index is 12.6. The molecule has 29 heavy (non-hydrogen) atoms. The van der Waals surface area contributed by atoms with Crippen LogP contribution in [0.4, 0.5) is 11.4 Å². The molecule has 0 bridgehead atoms. The minimum atomic E-state index is -0.490. The fourth-order valence-electron chi connectivity index (χ4n) is 4.06. The van der Waals surface area contributed by atoms with Crippen LogP contribution in [0, 0.1) is 10.8 Å². The van der Waals surface area contributed by atoms with E-state index in [0.717, 1.165) is 24.2 Å². The second-order valence-corrected chi connectivity index (χ2v) is 8.70. The van der Waals surface area contributed by atoms with E-state index in [1.807, 2.05) is 6.07 Å². The summed E-state index contributed by atoms with van der Waals surface area (Å²) in [6.45, 7) is 7.12. The normalized spacial score (nSPS) is 19.8. The summed E-state index contributed by atoms with van der Waals surface area (Å²) in [5, 5.41) is 14.8. The molecule has 2 aliphatic rings. The molecule has 0 spiro atoms. The largest absolute Gasteiger partial charge is 0.381 e. The molecule has 1 heterocycles. The first-order valence-corrected chi connectivity index (χ1v) is 10.0. The number of nitrogens with two attached hydrogens (primary N) is 1. The van der Waals surface area contributed by atoms with Gasteiger partial charge in [-0.25, -0.2) is 0 Å². The van der Waals surface area contributed by atoms with Gasteiger partial charge >= 0.3 is 0 Å². The summed E-state index contributed by atoms with van der Waals surface area (Å²) >= 11 is 0. The predicted molar refractivity (Wildman–Crippen MR) is 114 cm³/mol. The molecule has 0 aromatic heterocycles. The fourth-order valence-corrected chi connectivity index (χ4v) is 4.06. The third kappa shape index (κ3) is 5.03. The third-order valence-corrected chi connectivity index (χ3v) is 5.41. The van der Waals surface area contributed by atoms with Crippen LogP contribution in [-0.2, 0) is 9.53 Å². The Labute approximate surface area is 171 Å². The molecule has 3 rings (SSSR count). The van der Waals surface area contributed by atoms with Crippen LogP contribution < -0.4 is 16.4 Å². The molecular formula is C22H30N4O3. The second kappa shape index (κ2) is 8.37. The van der Waals surface area contributed by atoms with Gasteiger partial charge in [-0.05, 0) is 49.8 Å². The van der Waals surface area contributed by atoms with Gasteiger partial charge in [0.1, 0.15) is 0 Å². The number of allylic oxidation sites excluding steroid dienone is 2. The van der Waals surface area contributed by atoms with Crippen LogP contribution in [0.5, 0.6) is 0 Å². The molecule has 7 heteroatoms. The van der Waals surface area contributed by atoms with Crippen molar-refractivity contribution in [3.05, 3.63) is 35.0 Å². The highest BCUT2D eigenvalue weighted by molar-refractivity contribution is 6.22. The van der Waals surface area contributed by atoms with E-state index >= 15 is 0 Å². The van der Waals surface area contributed by atoms with Gasteiger partial charge in [-0.15, -0.1) is 0 Å². The fraction of sp³-hybridized carbons (Fsp3) is 0.500. The lowest BCUT2D eigenvalue weighted by atomic mass is 9.75. The van der Waals surface area contributed by atoms with Crippen LogP contribution in [-0.4, -0.2) is 36.7 Å². The molecule has 1 saturated heterocycles. The SMILES string of the molecule is CC(=N)C1=C(Nc2ccc(C(N)=O)c(NC3CCOCC3)c2)CC(C)(C)CC1=O. The molecule has 7 nitrogen and oxygen atoms in total. The van der Waals surface area contributed by atoms with Crippen molar-refractivity contribution in [3.63, 3.8) is 0 Å². The number of Topliss-reactive ketones (excluding diaryl/α,β-unsaturated/α-hetero) is 1. The van der Waals surface area contributed by atoms with E-state index in [1.54, 1.807) is 19.1 Å². The minimum absolute atomic E-state index is 0.00874. The zero-order valence-corrected chi connectivity index (χ0v) is 17.4. The molecule has 1 fully saturated rings. The number of anilines is 2. The number of hydrogen-bond acceptors (Lipinski definition) is 6. The average molecular weight is 399 g/mol. The van der Waals surface area contributed by atoms with Gasteiger partial charge in [0, 0.05) is 48.5 Å². The Morgan fingerprint density at radius 1 is 1.24 bits per heavy atom. The van der Waals surface area contributed by atoms with E-state index in [2.05, 4.69) is 24.5 Å². The topological polar surface area (TPSA) is 117 Å². The quantitative estimate of drug-likeness (QED) is 0.547. The van der Waals surface area contributed by atoms with E-state index in [0.29, 0.717) is 42.9 Å². The Kier molecular flexibility index (Phi) is 6.07. The average Bonchev–Trinajstić information content (AvgIpc) is 2.60. The summed E-state index contributed by atoms with van der Waals surface area (Å²) in [4.78, 5) is 24.5. The molecule has 0 radical (unpaired) electrons.